The number of ether oxygens (including phenoxy) is 1. The van der Waals surface area contributed by atoms with E-state index in [-0.39, 0.29) is 6.42 Å². The van der Waals surface area contributed by atoms with Gasteiger partial charge in [0.05, 0.1) is 7.11 Å². The second-order valence-electron chi connectivity index (χ2n) is 5.03. The molecule has 0 aromatic heterocycles. The molecule has 1 rings (SSSR count). The second kappa shape index (κ2) is 5.63. The number of hydrogen-bond donors (Lipinski definition) is 0. The smallest absolute Gasteiger partial charge is 0.449 e. The molecule has 0 atom stereocenters. The molecule has 1 aromatic carbocycles. The molecule has 0 amide bonds. The maximum Gasteiger partial charge on any atom is 0.449 e. The van der Waals surface area contributed by atoms with Crippen molar-refractivity contribution in [1.82, 2.24) is 0 Å². The maximum absolute atomic E-state index is 12.2. The highest BCUT2D eigenvalue weighted by atomic mass is 19.4. The molecule has 0 spiro atoms. The summed E-state index contributed by atoms with van der Waals surface area (Å²) in [4.78, 5) is 10.9. The lowest BCUT2D eigenvalue weighted by molar-refractivity contribution is -0.171. The van der Waals surface area contributed by atoms with Gasteiger partial charge >= 0.3 is 6.18 Å². The number of methoxy groups -OCH3 is 1. The van der Waals surface area contributed by atoms with E-state index in [1.54, 1.807) is 31.4 Å². The molecule has 106 valence electrons. The van der Waals surface area contributed by atoms with E-state index in [0.717, 1.165) is 5.56 Å². The molecule has 0 N–H and O–H groups in total. The van der Waals surface area contributed by atoms with Crippen molar-refractivity contribution in [2.45, 2.75) is 38.3 Å². The summed E-state index contributed by atoms with van der Waals surface area (Å²) in [6, 6.07) is 7.11. The Morgan fingerprint density at radius 1 is 1.16 bits per heavy atom. The van der Waals surface area contributed by atoms with Crippen LogP contribution in [-0.2, 0) is 10.2 Å². The minimum atomic E-state index is -4.74. The highest BCUT2D eigenvalue weighted by Crippen LogP contribution is 2.31. The van der Waals surface area contributed by atoms with Crippen LogP contribution < -0.4 is 4.74 Å². The van der Waals surface area contributed by atoms with Gasteiger partial charge in [-0.2, -0.15) is 13.2 Å². The Labute approximate surface area is 110 Å². The molecule has 0 heterocycles. The third-order valence-corrected chi connectivity index (χ3v) is 3.16. The lowest BCUT2D eigenvalue weighted by atomic mass is 9.80. The average Bonchev–Trinajstić information content (AvgIpc) is 2.35. The number of carbonyl (C=O) groups excluding carboxylic acids is 1. The number of carbonyl (C=O) groups is 1. The summed E-state index contributed by atoms with van der Waals surface area (Å²) in [6.07, 6.45) is -5.09. The minimum Gasteiger partial charge on any atom is -0.497 e. The Balaban J connectivity index is 2.72. The highest BCUT2D eigenvalue weighted by Gasteiger charge is 2.38. The molecule has 0 aliphatic heterocycles. The SMILES string of the molecule is COc1ccc(C(C)(C)CCC(=O)C(F)(F)F)cc1. The molecule has 19 heavy (non-hydrogen) atoms. The van der Waals surface area contributed by atoms with Crippen LogP contribution in [0.1, 0.15) is 32.3 Å². The average molecular weight is 274 g/mol. The third-order valence-electron chi connectivity index (χ3n) is 3.16. The normalized spacial score (nSPS) is 12.3. The van der Waals surface area contributed by atoms with E-state index < -0.39 is 23.8 Å². The Morgan fingerprint density at radius 2 is 1.68 bits per heavy atom. The van der Waals surface area contributed by atoms with Crippen molar-refractivity contribution >= 4 is 5.78 Å². The first-order valence-electron chi connectivity index (χ1n) is 5.91. The molecule has 0 radical (unpaired) electrons. The van der Waals surface area contributed by atoms with Crippen molar-refractivity contribution in [2.24, 2.45) is 0 Å². The summed E-state index contributed by atoms with van der Waals surface area (Å²) in [6.45, 7) is 3.64. The van der Waals surface area contributed by atoms with Crippen LogP contribution in [0.4, 0.5) is 13.2 Å². The summed E-state index contributed by atoms with van der Waals surface area (Å²) in [7, 11) is 1.54. The van der Waals surface area contributed by atoms with Crippen molar-refractivity contribution in [3.8, 4) is 5.75 Å². The van der Waals surface area contributed by atoms with Crippen LogP contribution in [0, 0.1) is 0 Å². The van der Waals surface area contributed by atoms with Crippen LogP contribution in [0.15, 0.2) is 24.3 Å². The van der Waals surface area contributed by atoms with Crippen LogP contribution in [0.25, 0.3) is 0 Å². The predicted octanol–water partition coefficient (Wildman–Crippen LogP) is 3.88. The molecule has 0 aliphatic rings. The number of alkyl halides is 3. The molecule has 0 fully saturated rings. The van der Waals surface area contributed by atoms with Gasteiger partial charge in [-0.15, -0.1) is 0 Å². The van der Waals surface area contributed by atoms with Gasteiger partial charge in [0.15, 0.2) is 0 Å². The van der Waals surface area contributed by atoms with Crippen molar-refractivity contribution in [3.63, 3.8) is 0 Å². The van der Waals surface area contributed by atoms with E-state index in [4.69, 9.17) is 4.74 Å². The summed E-state index contributed by atoms with van der Waals surface area (Å²) >= 11 is 0. The van der Waals surface area contributed by atoms with Crippen LogP contribution in [0.5, 0.6) is 5.75 Å². The summed E-state index contributed by atoms with van der Waals surface area (Å²) < 4.78 is 41.5. The van der Waals surface area contributed by atoms with Gasteiger partial charge in [0.25, 0.3) is 0 Å². The number of rotatable bonds is 5. The number of ketones is 1. The summed E-state index contributed by atoms with van der Waals surface area (Å²) in [5.74, 6) is -0.986. The summed E-state index contributed by atoms with van der Waals surface area (Å²) in [5.41, 5.74) is 0.385. The lowest BCUT2D eigenvalue weighted by Gasteiger charge is -2.25. The second-order valence-corrected chi connectivity index (χ2v) is 5.03. The van der Waals surface area contributed by atoms with Crippen molar-refractivity contribution in [1.29, 1.82) is 0 Å². The van der Waals surface area contributed by atoms with E-state index in [0.29, 0.717) is 5.75 Å². The first-order valence-corrected chi connectivity index (χ1v) is 5.91. The number of benzene rings is 1. The van der Waals surface area contributed by atoms with Gasteiger partial charge in [-0.25, -0.2) is 0 Å². The van der Waals surface area contributed by atoms with Gasteiger partial charge in [-0.3, -0.25) is 4.79 Å². The Kier molecular flexibility index (Phi) is 4.61. The van der Waals surface area contributed by atoms with Crippen LogP contribution >= 0.6 is 0 Å². The predicted molar refractivity (Wildman–Crippen MR) is 66.3 cm³/mol. The molecule has 0 aliphatic carbocycles. The fourth-order valence-electron chi connectivity index (χ4n) is 1.75. The minimum absolute atomic E-state index is 0.150. The van der Waals surface area contributed by atoms with E-state index in [2.05, 4.69) is 0 Å². The first kappa shape index (κ1) is 15.5. The van der Waals surface area contributed by atoms with Gasteiger partial charge in [-0.05, 0) is 29.5 Å². The fourth-order valence-corrected chi connectivity index (χ4v) is 1.75. The standard InChI is InChI=1S/C14H17F3O2/c1-13(2,9-8-12(18)14(15,16)17)10-4-6-11(19-3)7-5-10/h4-7H,8-9H2,1-3H3. The van der Waals surface area contributed by atoms with E-state index in [1.807, 2.05) is 13.8 Å². The first-order chi connectivity index (χ1) is 8.66. The van der Waals surface area contributed by atoms with E-state index in [1.165, 1.54) is 0 Å². The van der Waals surface area contributed by atoms with Crippen molar-refractivity contribution < 1.29 is 22.7 Å². The maximum atomic E-state index is 12.2. The topological polar surface area (TPSA) is 26.3 Å². The van der Waals surface area contributed by atoms with Gasteiger partial charge in [-0.1, -0.05) is 26.0 Å². The van der Waals surface area contributed by atoms with Crippen molar-refractivity contribution in [2.75, 3.05) is 7.11 Å². The lowest BCUT2D eigenvalue weighted by Crippen LogP contribution is -2.26. The van der Waals surface area contributed by atoms with Crippen LogP contribution in [0.3, 0.4) is 0 Å². The Hall–Kier alpha value is -1.52. The molecular weight excluding hydrogens is 257 g/mol. The monoisotopic (exact) mass is 274 g/mol. The number of hydrogen-bond acceptors (Lipinski definition) is 2. The molecular formula is C14H17F3O2. The quantitative estimate of drug-likeness (QED) is 0.814. The van der Waals surface area contributed by atoms with Crippen LogP contribution in [-0.4, -0.2) is 19.1 Å². The molecule has 0 saturated heterocycles. The van der Waals surface area contributed by atoms with Crippen molar-refractivity contribution in [3.05, 3.63) is 29.8 Å². The molecule has 0 unspecified atom stereocenters. The van der Waals surface area contributed by atoms with Gasteiger partial charge < -0.3 is 4.74 Å². The Morgan fingerprint density at radius 3 is 2.11 bits per heavy atom. The highest BCUT2D eigenvalue weighted by molar-refractivity contribution is 5.84. The Bertz CT molecular complexity index is 433. The largest absolute Gasteiger partial charge is 0.497 e. The molecule has 0 bridgehead atoms. The molecule has 1 aromatic rings. The van der Waals surface area contributed by atoms with Gasteiger partial charge in [0.2, 0.25) is 5.78 Å². The van der Waals surface area contributed by atoms with E-state index >= 15 is 0 Å². The van der Waals surface area contributed by atoms with Gasteiger partial charge in [0.1, 0.15) is 5.75 Å². The van der Waals surface area contributed by atoms with Crippen LogP contribution in [0.2, 0.25) is 0 Å². The third kappa shape index (κ3) is 4.26. The number of halogens is 3. The number of Topliss-reactive ketones (excluding diaryl/α,β-unsaturated/α-hetero) is 1. The zero-order chi connectivity index (χ0) is 14.7. The van der Waals surface area contributed by atoms with E-state index in [9.17, 15) is 18.0 Å². The summed E-state index contributed by atoms with van der Waals surface area (Å²) in [5, 5.41) is 0. The zero-order valence-corrected chi connectivity index (χ0v) is 11.2. The fraction of sp³-hybridized carbons (Fsp3) is 0.500. The molecule has 5 heteroatoms. The molecule has 0 saturated carbocycles. The van der Waals surface area contributed by atoms with Gasteiger partial charge in [0, 0.05) is 6.42 Å². The molecule has 2 nitrogen and oxygen atoms in total. The zero-order valence-electron chi connectivity index (χ0n) is 11.2.